The van der Waals surface area contributed by atoms with E-state index in [1.165, 1.54) is 0 Å². The number of amides is 1. The Morgan fingerprint density at radius 1 is 1.32 bits per heavy atom. The van der Waals surface area contributed by atoms with Gasteiger partial charge >= 0.3 is 0 Å². The predicted octanol–water partition coefficient (Wildman–Crippen LogP) is 2.22. The lowest BCUT2D eigenvalue weighted by molar-refractivity contribution is -0.116. The van der Waals surface area contributed by atoms with Gasteiger partial charge in [0.15, 0.2) is 0 Å². The fraction of sp³-hybridized carbons (Fsp3) is 0.375. The normalized spacial score (nSPS) is 16.9. The maximum atomic E-state index is 12.1. The third-order valence-corrected chi connectivity index (χ3v) is 4.08. The van der Waals surface area contributed by atoms with Gasteiger partial charge in [0.2, 0.25) is 5.91 Å². The van der Waals surface area contributed by atoms with Gasteiger partial charge < -0.3 is 14.8 Å². The molecule has 1 N–H and O–H groups in total. The van der Waals surface area contributed by atoms with Crippen molar-refractivity contribution in [1.82, 2.24) is 9.78 Å². The van der Waals surface area contributed by atoms with Crippen LogP contribution in [-0.4, -0.2) is 29.9 Å². The van der Waals surface area contributed by atoms with Crippen LogP contribution in [0.1, 0.15) is 29.2 Å². The quantitative estimate of drug-likeness (QED) is 0.944. The van der Waals surface area contributed by atoms with Crippen molar-refractivity contribution in [3.8, 4) is 11.5 Å². The van der Waals surface area contributed by atoms with E-state index in [1.54, 1.807) is 18.9 Å². The van der Waals surface area contributed by atoms with Crippen molar-refractivity contribution in [2.45, 2.75) is 19.3 Å². The Morgan fingerprint density at radius 3 is 2.77 bits per heavy atom. The Labute approximate surface area is 129 Å². The molecule has 0 fully saturated rings. The van der Waals surface area contributed by atoms with Crippen LogP contribution in [0.2, 0.25) is 0 Å². The van der Waals surface area contributed by atoms with E-state index in [0.29, 0.717) is 12.2 Å². The summed E-state index contributed by atoms with van der Waals surface area (Å²) in [5, 5.41) is 7.33. The van der Waals surface area contributed by atoms with E-state index in [2.05, 4.69) is 10.4 Å². The van der Waals surface area contributed by atoms with E-state index in [-0.39, 0.29) is 11.8 Å². The van der Waals surface area contributed by atoms with Crippen LogP contribution in [0.3, 0.4) is 0 Å². The van der Waals surface area contributed by atoms with Gasteiger partial charge in [-0.3, -0.25) is 9.48 Å². The van der Waals surface area contributed by atoms with Gasteiger partial charge in [0, 0.05) is 36.6 Å². The topological polar surface area (TPSA) is 65.4 Å². The van der Waals surface area contributed by atoms with Crippen LogP contribution in [0, 0.1) is 6.92 Å². The Hall–Kier alpha value is -2.50. The van der Waals surface area contributed by atoms with Crippen LogP contribution in [0.4, 0.5) is 5.82 Å². The second-order valence-corrected chi connectivity index (χ2v) is 5.38. The number of hydrogen-bond donors (Lipinski definition) is 1. The number of benzene rings is 1. The van der Waals surface area contributed by atoms with Crippen molar-refractivity contribution < 1.29 is 14.3 Å². The second-order valence-electron chi connectivity index (χ2n) is 5.38. The first kappa shape index (κ1) is 14.4. The fourth-order valence-electron chi connectivity index (χ4n) is 3.08. The summed E-state index contributed by atoms with van der Waals surface area (Å²) in [5.74, 6) is 2.12. The summed E-state index contributed by atoms with van der Waals surface area (Å²) >= 11 is 0. The highest BCUT2D eigenvalue weighted by Gasteiger charge is 2.33. The number of anilines is 1. The zero-order chi connectivity index (χ0) is 15.9. The van der Waals surface area contributed by atoms with Crippen LogP contribution < -0.4 is 14.8 Å². The summed E-state index contributed by atoms with van der Waals surface area (Å²) in [7, 11) is 5.07. The number of rotatable bonds is 3. The molecule has 1 atom stereocenters. The molecule has 0 saturated carbocycles. The number of hydrogen-bond acceptors (Lipinski definition) is 4. The van der Waals surface area contributed by atoms with Gasteiger partial charge in [0.25, 0.3) is 0 Å². The van der Waals surface area contributed by atoms with Crippen molar-refractivity contribution in [2.24, 2.45) is 7.05 Å². The molecular weight excluding hydrogens is 282 g/mol. The average Bonchev–Trinajstić information content (AvgIpc) is 2.80. The first-order valence-corrected chi connectivity index (χ1v) is 7.10. The van der Waals surface area contributed by atoms with Gasteiger partial charge in [0.05, 0.1) is 19.9 Å². The van der Waals surface area contributed by atoms with Gasteiger partial charge in [-0.15, -0.1) is 0 Å². The van der Waals surface area contributed by atoms with Crippen LogP contribution >= 0.6 is 0 Å². The van der Waals surface area contributed by atoms with E-state index in [9.17, 15) is 4.79 Å². The minimum absolute atomic E-state index is 0.0154. The van der Waals surface area contributed by atoms with E-state index in [0.717, 1.165) is 28.4 Å². The first-order valence-electron chi connectivity index (χ1n) is 7.10. The number of nitrogens with zero attached hydrogens (tertiary/aromatic N) is 2. The minimum atomic E-state index is -0.0710. The molecule has 1 aromatic carbocycles. The third-order valence-electron chi connectivity index (χ3n) is 4.08. The largest absolute Gasteiger partial charge is 0.497 e. The van der Waals surface area contributed by atoms with Crippen molar-refractivity contribution in [2.75, 3.05) is 19.5 Å². The molecule has 2 aromatic rings. The molecule has 0 bridgehead atoms. The average molecular weight is 301 g/mol. The minimum Gasteiger partial charge on any atom is -0.497 e. The van der Waals surface area contributed by atoms with Gasteiger partial charge in [-0.05, 0) is 13.0 Å². The number of carbonyl (C=O) groups excluding carboxylic acids is 1. The lowest BCUT2D eigenvalue weighted by atomic mass is 9.85. The summed E-state index contributed by atoms with van der Waals surface area (Å²) in [6.45, 7) is 1.96. The number of nitrogens with one attached hydrogen (secondary N) is 1. The molecule has 116 valence electrons. The van der Waals surface area contributed by atoms with E-state index in [1.807, 2.05) is 32.2 Å². The number of fused-ring (bicyclic) bond motifs is 1. The van der Waals surface area contributed by atoms with Gasteiger partial charge in [-0.25, -0.2) is 0 Å². The van der Waals surface area contributed by atoms with Gasteiger partial charge in [-0.2, -0.15) is 5.10 Å². The SMILES string of the molecule is COc1ccc(C2CC(=O)Nc3c2c(C)nn3C)c(OC)c1. The summed E-state index contributed by atoms with van der Waals surface area (Å²) in [5.41, 5.74) is 2.93. The number of carbonyl (C=O) groups is 1. The molecule has 1 aliphatic heterocycles. The monoisotopic (exact) mass is 301 g/mol. The van der Waals surface area contributed by atoms with Gasteiger partial charge in [-0.1, -0.05) is 6.07 Å². The summed E-state index contributed by atoms with van der Waals surface area (Å²) < 4.78 is 12.5. The highest BCUT2D eigenvalue weighted by atomic mass is 16.5. The fourth-order valence-corrected chi connectivity index (χ4v) is 3.08. The lowest BCUT2D eigenvalue weighted by Crippen LogP contribution is -2.25. The molecule has 0 radical (unpaired) electrons. The zero-order valence-electron chi connectivity index (χ0n) is 13.1. The van der Waals surface area contributed by atoms with Crippen LogP contribution in [-0.2, 0) is 11.8 Å². The molecule has 3 rings (SSSR count). The number of aromatic nitrogens is 2. The predicted molar refractivity (Wildman–Crippen MR) is 82.6 cm³/mol. The number of ether oxygens (including phenoxy) is 2. The Morgan fingerprint density at radius 2 is 2.09 bits per heavy atom. The van der Waals surface area contributed by atoms with Crippen LogP contribution in [0.5, 0.6) is 11.5 Å². The van der Waals surface area contributed by atoms with Crippen molar-refractivity contribution >= 4 is 11.7 Å². The van der Waals surface area contributed by atoms with Crippen molar-refractivity contribution in [3.63, 3.8) is 0 Å². The Kier molecular flexibility index (Phi) is 3.52. The number of aryl methyl sites for hydroxylation is 2. The molecule has 1 unspecified atom stereocenters. The zero-order valence-corrected chi connectivity index (χ0v) is 13.1. The molecule has 22 heavy (non-hydrogen) atoms. The Bertz CT molecular complexity index is 736. The van der Waals surface area contributed by atoms with Crippen molar-refractivity contribution in [1.29, 1.82) is 0 Å². The van der Waals surface area contributed by atoms with Crippen LogP contribution in [0.25, 0.3) is 0 Å². The van der Waals surface area contributed by atoms with Gasteiger partial charge in [0.1, 0.15) is 17.3 Å². The Balaban J connectivity index is 2.15. The third kappa shape index (κ3) is 2.20. The summed E-state index contributed by atoms with van der Waals surface area (Å²) in [6, 6.07) is 5.68. The molecule has 1 aliphatic rings. The van der Waals surface area contributed by atoms with E-state index < -0.39 is 0 Å². The number of methoxy groups -OCH3 is 2. The smallest absolute Gasteiger partial charge is 0.226 e. The van der Waals surface area contributed by atoms with E-state index in [4.69, 9.17) is 9.47 Å². The molecule has 2 heterocycles. The second kappa shape index (κ2) is 5.36. The standard InChI is InChI=1S/C16H19N3O3/c1-9-15-12(8-14(20)17-16(15)19(2)18-9)11-6-5-10(21-3)7-13(11)22-4/h5-7,12H,8H2,1-4H3,(H,17,20). The molecule has 6 heteroatoms. The summed E-state index contributed by atoms with van der Waals surface area (Å²) in [6.07, 6.45) is 0.377. The maximum Gasteiger partial charge on any atom is 0.226 e. The lowest BCUT2D eigenvalue weighted by Gasteiger charge is -2.25. The molecular formula is C16H19N3O3. The van der Waals surface area contributed by atoms with Crippen molar-refractivity contribution in [3.05, 3.63) is 35.0 Å². The highest BCUT2D eigenvalue weighted by molar-refractivity contribution is 5.94. The maximum absolute atomic E-state index is 12.1. The van der Waals surface area contributed by atoms with E-state index >= 15 is 0 Å². The molecule has 1 aromatic heterocycles. The highest BCUT2D eigenvalue weighted by Crippen LogP contribution is 2.42. The van der Waals surface area contributed by atoms with Crippen LogP contribution in [0.15, 0.2) is 18.2 Å². The summed E-state index contributed by atoms with van der Waals surface area (Å²) in [4.78, 5) is 12.1. The molecule has 1 amide bonds. The molecule has 0 aliphatic carbocycles. The molecule has 6 nitrogen and oxygen atoms in total. The first-order chi connectivity index (χ1) is 10.5. The molecule has 0 saturated heterocycles. The molecule has 0 spiro atoms.